The van der Waals surface area contributed by atoms with E-state index in [0.29, 0.717) is 0 Å². The standard InChI is InChI=1S/C19H19N/c1-19(2,18-10-6-7-13-20-18)17-12-11-16(14-17)15-8-4-3-5-9-15/h3-11,13-14H,12H2,1-2H3. The Morgan fingerprint density at radius 1 is 0.950 bits per heavy atom. The molecule has 1 aliphatic carbocycles. The van der Waals surface area contributed by atoms with Crippen LogP contribution in [0, 0.1) is 0 Å². The van der Waals surface area contributed by atoms with Gasteiger partial charge in [0, 0.05) is 17.3 Å². The highest BCUT2D eigenvalue weighted by Gasteiger charge is 2.28. The second-order valence-corrected chi connectivity index (χ2v) is 5.74. The van der Waals surface area contributed by atoms with E-state index in [1.165, 1.54) is 16.7 Å². The van der Waals surface area contributed by atoms with Gasteiger partial charge in [0.1, 0.15) is 0 Å². The third-order valence-electron chi connectivity index (χ3n) is 4.09. The smallest absolute Gasteiger partial charge is 0.0500 e. The first-order chi connectivity index (χ1) is 9.68. The average molecular weight is 261 g/mol. The Bertz CT molecular complexity index is 649. The molecule has 1 heteroatoms. The molecule has 100 valence electrons. The number of benzene rings is 1. The minimum Gasteiger partial charge on any atom is -0.260 e. The lowest BCUT2D eigenvalue weighted by Gasteiger charge is -2.25. The minimum absolute atomic E-state index is 0.0196. The Balaban J connectivity index is 1.91. The number of aromatic nitrogens is 1. The van der Waals surface area contributed by atoms with Crippen LogP contribution >= 0.6 is 0 Å². The summed E-state index contributed by atoms with van der Waals surface area (Å²) in [6.07, 6.45) is 7.52. The zero-order valence-electron chi connectivity index (χ0n) is 12.0. The molecule has 0 fully saturated rings. The first-order valence-electron chi connectivity index (χ1n) is 7.06. The zero-order chi connectivity index (χ0) is 14.0. The van der Waals surface area contributed by atoms with Gasteiger partial charge in [-0.2, -0.15) is 0 Å². The van der Waals surface area contributed by atoms with Crippen LogP contribution in [-0.4, -0.2) is 4.98 Å². The average Bonchev–Trinajstić information content (AvgIpc) is 3.00. The molecule has 20 heavy (non-hydrogen) atoms. The summed E-state index contributed by atoms with van der Waals surface area (Å²) >= 11 is 0. The predicted molar refractivity (Wildman–Crippen MR) is 84.4 cm³/mol. The molecule has 1 nitrogen and oxygen atoms in total. The van der Waals surface area contributed by atoms with Crippen molar-refractivity contribution in [2.45, 2.75) is 25.7 Å². The van der Waals surface area contributed by atoms with Crippen LogP contribution in [0.15, 0.2) is 72.5 Å². The van der Waals surface area contributed by atoms with Crippen molar-refractivity contribution >= 4 is 5.57 Å². The Kier molecular flexibility index (Phi) is 3.27. The summed E-state index contributed by atoms with van der Waals surface area (Å²) in [6, 6.07) is 16.7. The molecule has 2 aromatic rings. The molecule has 0 unspecified atom stereocenters. The molecule has 1 heterocycles. The van der Waals surface area contributed by atoms with Gasteiger partial charge in [-0.15, -0.1) is 0 Å². The molecule has 0 amide bonds. The number of allylic oxidation sites excluding steroid dienone is 4. The number of hydrogen-bond acceptors (Lipinski definition) is 1. The maximum Gasteiger partial charge on any atom is 0.0500 e. The summed E-state index contributed by atoms with van der Waals surface area (Å²) in [5.41, 5.74) is 5.15. The van der Waals surface area contributed by atoms with Crippen molar-refractivity contribution in [3.8, 4) is 0 Å². The van der Waals surface area contributed by atoms with E-state index in [1.807, 2.05) is 12.3 Å². The summed E-state index contributed by atoms with van der Waals surface area (Å²) in [5, 5.41) is 0. The highest BCUT2D eigenvalue weighted by atomic mass is 14.7. The molecule has 0 spiro atoms. The van der Waals surface area contributed by atoms with Gasteiger partial charge in [-0.05, 0) is 29.7 Å². The third kappa shape index (κ3) is 2.32. The lowest BCUT2D eigenvalue weighted by molar-refractivity contribution is 0.592. The summed E-state index contributed by atoms with van der Waals surface area (Å²) in [4.78, 5) is 4.53. The van der Waals surface area contributed by atoms with Gasteiger partial charge in [0.25, 0.3) is 0 Å². The van der Waals surface area contributed by atoms with Gasteiger partial charge in [-0.25, -0.2) is 0 Å². The van der Waals surface area contributed by atoms with Gasteiger partial charge < -0.3 is 0 Å². The van der Waals surface area contributed by atoms with Crippen molar-refractivity contribution in [3.05, 3.63) is 83.7 Å². The van der Waals surface area contributed by atoms with Crippen LogP contribution in [0.2, 0.25) is 0 Å². The zero-order valence-corrected chi connectivity index (χ0v) is 12.0. The van der Waals surface area contributed by atoms with Crippen molar-refractivity contribution in [1.29, 1.82) is 0 Å². The van der Waals surface area contributed by atoms with Gasteiger partial charge in [-0.3, -0.25) is 4.98 Å². The first-order valence-corrected chi connectivity index (χ1v) is 7.06. The molecule has 0 saturated carbocycles. The van der Waals surface area contributed by atoms with E-state index in [4.69, 9.17) is 0 Å². The molecule has 3 rings (SSSR count). The molecule has 1 aromatic heterocycles. The highest BCUT2D eigenvalue weighted by molar-refractivity contribution is 5.78. The third-order valence-corrected chi connectivity index (χ3v) is 4.09. The summed E-state index contributed by atoms with van der Waals surface area (Å²) in [5.74, 6) is 0. The second-order valence-electron chi connectivity index (χ2n) is 5.74. The maximum absolute atomic E-state index is 4.53. The largest absolute Gasteiger partial charge is 0.260 e. The molecule has 1 aliphatic rings. The molecule has 0 N–H and O–H groups in total. The van der Waals surface area contributed by atoms with Crippen LogP contribution in [0.4, 0.5) is 0 Å². The Hall–Kier alpha value is -2.15. The van der Waals surface area contributed by atoms with Gasteiger partial charge >= 0.3 is 0 Å². The summed E-state index contributed by atoms with van der Waals surface area (Å²) in [7, 11) is 0. The van der Waals surface area contributed by atoms with E-state index >= 15 is 0 Å². The van der Waals surface area contributed by atoms with Crippen molar-refractivity contribution < 1.29 is 0 Å². The van der Waals surface area contributed by atoms with Crippen molar-refractivity contribution in [2.24, 2.45) is 0 Å². The van der Waals surface area contributed by atoms with Crippen LogP contribution < -0.4 is 0 Å². The van der Waals surface area contributed by atoms with Gasteiger partial charge in [0.05, 0.1) is 0 Å². The highest BCUT2D eigenvalue weighted by Crippen LogP contribution is 2.38. The monoisotopic (exact) mass is 261 g/mol. The fraction of sp³-hybridized carbons (Fsp3) is 0.211. The lowest BCUT2D eigenvalue weighted by atomic mass is 9.80. The SMILES string of the molecule is CC(C)(C1=CC(c2ccccc2)=CC1)c1ccccn1. The Labute approximate surface area is 120 Å². The van der Waals surface area contributed by atoms with E-state index < -0.39 is 0 Å². The fourth-order valence-corrected chi connectivity index (χ4v) is 2.69. The Morgan fingerprint density at radius 3 is 2.40 bits per heavy atom. The van der Waals surface area contributed by atoms with Crippen LogP contribution in [-0.2, 0) is 5.41 Å². The fourth-order valence-electron chi connectivity index (χ4n) is 2.69. The number of rotatable bonds is 3. The maximum atomic E-state index is 4.53. The molecular formula is C19H19N. The molecule has 0 saturated heterocycles. The van der Waals surface area contributed by atoms with E-state index in [1.54, 1.807) is 0 Å². The van der Waals surface area contributed by atoms with Gasteiger partial charge in [0.2, 0.25) is 0 Å². The first kappa shape index (κ1) is 12.9. The normalized spacial score (nSPS) is 14.9. The summed E-state index contributed by atoms with van der Waals surface area (Å²) < 4.78 is 0. The van der Waals surface area contributed by atoms with Crippen LogP contribution in [0.1, 0.15) is 31.5 Å². The van der Waals surface area contributed by atoms with E-state index in [-0.39, 0.29) is 5.41 Å². The van der Waals surface area contributed by atoms with E-state index in [9.17, 15) is 0 Å². The topological polar surface area (TPSA) is 12.9 Å². The van der Waals surface area contributed by atoms with Crippen LogP contribution in [0.5, 0.6) is 0 Å². The lowest BCUT2D eigenvalue weighted by Crippen LogP contribution is -2.20. The quantitative estimate of drug-likeness (QED) is 0.775. The van der Waals surface area contributed by atoms with E-state index in [0.717, 1.165) is 12.1 Å². The van der Waals surface area contributed by atoms with Crippen molar-refractivity contribution in [3.63, 3.8) is 0 Å². The van der Waals surface area contributed by atoms with E-state index in [2.05, 4.69) is 73.4 Å². The number of nitrogens with zero attached hydrogens (tertiary/aromatic N) is 1. The molecule has 0 aliphatic heterocycles. The van der Waals surface area contributed by atoms with Gasteiger partial charge in [-0.1, -0.05) is 68.0 Å². The van der Waals surface area contributed by atoms with Gasteiger partial charge in [0.15, 0.2) is 0 Å². The molecule has 0 bridgehead atoms. The summed E-state index contributed by atoms with van der Waals surface area (Å²) in [6.45, 7) is 4.51. The molecule has 0 atom stereocenters. The number of hydrogen-bond donors (Lipinski definition) is 0. The minimum atomic E-state index is -0.0196. The van der Waals surface area contributed by atoms with Crippen LogP contribution in [0.25, 0.3) is 5.57 Å². The number of pyridine rings is 1. The van der Waals surface area contributed by atoms with Crippen LogP contribution in [0.3, 0.4) is 0 Å². The predicted octanol–water partition coefficient (Wildman–Crippen LogP) is 4.77. The van der Waals surface area contributed by atoms with Crippen molar-refractivity contribution in [2.75, 3.05) is 0 Å². The molecule has 0 radical (unpaired) electrons. The second kappa shape index (κ2) is 5.09. The van der Waals surface area contributed by atoms with Crippen molar-refractivity contribution in [1.82, 2.24) is 4.98 Å². The molecular weight excluding hydrogens is 242 g/mol. The Morgan fingerprint density at radius 2 is 1.70 bits per heavy atom. The molecule has 1 aromatic carbocycles.